The highest BCUT2D eigenvalue weighted by Gasteiger charge is 2.62. The second-order valence-electron chi connectivity index (χ2n) is 11.3. The normalized spacial score (nSPS) is 33.9. The predicted molar refractivity (Wildman–Crippen MR) is 151 cm³/mol. The summed E-state index contributed by atoms with van der Waals surface area (Å²) < 4.78 is 38.5. The van der Waals surface area contributed by atoms with E-state index in [0.717, 1.165) is 4.90 Å². The Morgan fingerprint density at radius 3 is 1.95 bits per heavy atom. The molecule has 214 valence electrons. The van der Waals surface area contributed by atoms with Gasteiger partial charge in [0.2, 0.25) is 11.6 Å². The van der Waals surface area contributed by atoms with Crippen LogP contribution in [0.15, 0.2) is 40.3 Å². The van der Waals surface area contributed by atoms with Gasteiger partial charge < -0.3 is 28.1 Å². The molecule has 0 aliphatic carbocycles. The SMILES string of the molecule is COC1(C)O[C@H]2[C@H](OC1(C)OC)[C@@H](Sc1ccccc1)C(N=[N+]=[N-])O[C@@H]2CO[Si](C(C)C)(C(C)C)C(C)C. The molecule has 38 heavy (non-hydrogen) atoms. The van der Waals surface area contributed by atoms with Gasteiger partial charge in [-0.15, -0.1) is 11.8 Å². The number of ether oxygens (including phenoxy) is 5. The van der Waals surface area contributed by atoms with Gasteiger partial charge in [-0.3, -0.25) is 0 Å². The number of fused-ring (bicyclic) bond motifs is 1. The van der Waals surface area contributed by atoms with Crippen molar-refractivity contribution in [2.45, 2.75) is 118 Å². The van der Waals surface area contributed by atoms with Crippen LogP contribution in [0.5, 0.6) is 0 Å². The summed E-state index contributed by atoms with van der Waals surface area (Å²) >= 11 is 1.53. The van der Waals surface area contributed by atoms with Crippen molar-refractivity contribution < 1.29 is 28.1 Å². The lowest BCUT2D eigenvalue weighted by Gasteiger charge is -2.57. The van der Waals surface area contributed by atoms with Crippen molar-refractivity contribution in [2.75, 3.05) is 20.8 Å². The van der Waals surface area contributed by atoms with Crippen LogP contribution >= 0.6 is 11.8 Å². The molecule has 0 spiro atoms. The zero-order chi connectivity index (χ0) is 28.3. The largest absolute Gasteiger partial charge is 0.413 e. The van der Waals surface area contributed by atoms with E-state index in [-0.39, 0.29) is 0 Å². The molecule has 9 nitrogen and oxygen atoms in total. The standard InChI is InChI=1S/C27H45N3O6SSi/c1-17(2)38(18(3)4,19(5)6)33-16-21-22-23(36-27(8,32-10)26(7,31-9)35-22)24(25(34-21)29-30-28)37-20-14-12-11-13-15-20/h11-15,17-19,21-25H,16H2,1-10H3/t21-,22-,23+,24-,25?,26?,27?/m1/s1. The van der Waals surface area contributed by atoms with Crippen molar-refractivity contribution in [2.24, 2.45) is 5.11 Å². The number of hydrogen-bond acceptors (Lipinski definition) is 8. The molecule has 0 N–H and O–H groups in total. The summed E-state index contributed by atoms with van der Waals surface area (Å²) in [6.07, 6.45) is -2.42. The van der Waals surface area contributed by atoms with Crippen LogP contribution in [0, 0.1) is 0 Å². The highest BCUT2D eigenvalue weighted by Crippen LogP contribution is 2.48. The maximum Gasteiger partial charge on any atom is 0.220 e. The minimum Gasteiger partial charge on any atom is -0.413 e. The first-order valence-corrected chi connectivity index (χ1v) is 16.4. The summed E-state index contributed by atoms with van der Waals surface area (Å²) in [6, 6.07) is 9.91. The fourth-order valence-corrected chi connectivity index (χ4v) is 12.8. The van der Waals surface area contributed by atoms with Crippen molar-refractivity contribution in [3.05, 3.63) is 40.8 Å². The topological polar surface area (TPSA) is 104 Å². The first-order valence-electron chi connectivity index (χ1n) is 13.4. The molecular formula is C27H45N3O6SSi. The second kappa shape index (κ2) is 12.6. The average molecular weight is 568 g/mol. The molecule has 7 atom stereocenters. The van der Waals surface area contributed by atoms with Gasteiger partial charge in [0.1, 0.15) is 18.3 Å². The number of azide groups is 1. The molecule has 2 saturated heterocycles. The Kier molecular flexibility index (Phi) is 10.4. The monoisotopic (exact) mass is 567 g/mol. The number of rotatable bonds is 11. The smallest absolute Gasteiger partial charge is 0.220 e. The molecule has 0 bridgehead atoms. The lowest BCUT2D eigenvalue weighted by molar-refractivity contribution is -0.462. The maximum atomic E-state index is 9.46. The fraction of sp³-hybridized carbons (Fsp3) is 0.778. The van der Waals surface area contributed by atoms with Crippen LogP contribution in [0.25, 0.3) is 10.4 Å². The molecule has 1 aromatic carbocycles. The van der Waals surface area contributed by atoms with Gasteiger partial charge in [-0.2, -0.15) is 0 Å². The number of hydrogen-bond donors (Lipinski definition) is 0. The first-order chi connectivity index (χ1) is 17.9. The molecule has 0 amide bonds. The van der Waals surface area contributed by atoms with Gasteiger partial charge in [0, 0.05) is 24.0 Å². The Labute approximate surface area is 233 Å². The Bertz CT molecular complexity index is 944. The van der Waals surface area contributed by atoms with E-state index in [1.54, 1.807) is 28.1 Å². The van der Waals surface area contributed by atoms with Crippen molar-refractivity contribution in [3.8, 4) is 0 Å². The van der Waals surface area contributed by atoms with E-state index in [0.29, 0.717) is 23.2 Å². The lowest BCUT2D eigenvalue weighted by atomic mass is 9.95. The van der Waals surface area contributed by atoms with E-state index in [1.165, 1.54) is 11.8 Å². The molecule has 3 rings (SSSR count). The van der Waals surface area contributed by atoms with Gasteiger partial charge in [0.25, 0.3) is 0 Å². The third-order valence-electron chi connectivity index (χ3n) is 8.32. The number of methoxy groups -OCH3 is 2. The summed E-state index contributed by atoms with van der Waals surface area (Å²) in [4.78, 5) is 4.12. The van der Waals surface area contributed by atoms with Crippen molar-refractivity contribution in [1.82, 2.24) is 0 Å². The van der Waals surface area contributed by atoms with Crippen LogP contribution in [0.4, 0.5) is 0 Å². The Morgan fingerprint density at radius 1 is 0.947 bits per heavy atom. The third-order valence-corrected chi connectivity index (χ3v) is 15.7. The first kappa shape index (κ1) is 31.4. The summed E-state index contributed by atoms with van der Waals surface area (Å²) in [6.45, 7) is 17.4. The molecule has 2 fully saturated rings. The molecule has 0 saturated carbocycles. The molecule has 2 aliphatic heterocycles. The predicted octanol–water partition coefficient (Wildman–Crippen LogP) is 6.88. The van der Waals surface area contributed by atoms with Crippen LogP contribution in [0.2, 0.25) is 16.6 Å². The maximum absolute atomic E-state index is 9.46. The number of nitrogens with zero attached hydrogens (tertiary/aromatic N) is 3. The number of thioether (sulfide) groups is 1. The molecule has 1 aromatic rings. The third kappa shape index (κ3) is 5.82. The Morgan fingerprint density at radius 2 is 1.47 bits per heavy atom. The Balaban J connectivity index is 2.03. The minimum absolute atomic E-state index is 0.301. The highest BCUT2D eigenvalue weighted by atomic mass is 32.2. The van der Waals surface area contributed by atoms with Gasteiger partial charge in [0.05, 0.1) is 11.9 Å². The summed E-state index contributed by atoms with van der Waals surface area (Å²) in [5.41, 5.74) is 10.7. The van der Waals surface area contributed by atoms with Gasteiger partial charge in [-0.25, -0.2) is 0 Å². The highest BCUT2D eigenvalue weighted by molar-refractivity contribution is 8.00. The van der Waals surface area contributed by atoms with E-state index >= 15 is 0 Å². The average Bonchev–Trinajstić information content (AvgIpc) is 2.87. The van der Waals surface area contributed by atoms with Gasteiger partial charge in [-0.1, -0.05) is 64.9 Å². The molecule has 0 radical (unpaired) electrons. The summed E-state index contributed by atoms with van der Waals surface area (Å²) in [7, 11) is 0.934. The van der Waals surface area contributed by atoms with Gasteiger partial charge in [0.15, 0.2) is 14.5 Å². The zero-order valence-electron chi connectivity index (χ0n) is 24.4. The van der Waals surface area contributed by atoms with Crippen molar-refractivity contribution in [3.63, 3.8) is 0 Å². The van der Waals surface area contributed by atoms with Crippen LogP contribution < -0.4 is 0 Å². The number of benzene rings is 1. The lowest BCUT2D eigenvalue weighted by Crippen LogP contribution is -2.72. The van der Waals surface area contributed by atoms with Crippen LogP contribution in [0.1, 0.15) is 55.4 Å². The van der Waals surface area contributed by atoms with Crippen LogP contribution in [-0.2, 0) is 28.1 Å². The van der Waals surface area contributed by atoms with Gasteiger partial charge >= 0.3 is 0 Å². The summed E-state index contributed by atoms with van der Waals surface area (Å²) in [5.74, 6) is -2.42. The van der Waals surface area contributed by atoms with Crippen LogP contribution in [0.3, 0.4) is 0 Å². The van der Waals surface area contributed by atoms with E-state index in [4.69, 9.17) is 28.1 Å². The van der Waals surface area contributed by atoms with E-state index in [2.05, 4.69) is 51.6 Å². The zero-order valence-corrected chi connectivity index (χ0v) is 26.2. The molecule has 11 heteroatoms. The van der Waals surface area contributed by atoms with E-state index in [9.17, 15) is 5.53 Å². The molecule has 3 unspecified atom stereocenters. The second-order valence-corrected chi connectivity index (χ2v) is 18.0. The van der Waals surface area contributed by atoms with E-state index in [1.807, 2.05) is 30.3 Å². The molecule has 0 aromatic heterocycles. The summed E-state index contributed by atoms with van der Waals surface area (Å²) in [5, 5.41) is 3.67. The van der Waals surface area contributed by atoms with Crippen molar-refractivity contribution in [1.29, 1.82) is 0 Å². The molecule has 2 aliphatic rings. The van der Waals surface area contributed by atoms with Crippen LogP contribution in [-0.4, -0.2) is 70.5 Å². The van der Waals surface area contributed by atoms with Gasteiger partial charge in [-0.05, 0) is 48.1 Å². The molecule has 2 heterocycles. The Hall–Kier alpha value is -1.14. The minimum atomic E-state index is -2.21. The fourth-order valence-electron chi connectivity index (χ4n) is 6.16. The quantitative estimate of drug-likeness (QED) is 0.124. The van der Waals surface area contributed by atoms with Crippen molar-refractivity contribution >= 4 is 20.1 Å². The molecular weight excluding hydrogens is 522 g/mol. The van der Waals surface area contributed by atoms with E-state index < -0.39 is 49.7 Å².